The molecule has 16 nitrogen and oxygen atoms in total. The second kappa shape index (κ2) is 16.5. The average Bonchev–Trinajstić information content (AvgIpc) is 3.37. The van der Waals surface area contributed by atoms with Crippen LogP contribution in [-0.4, -0.2) is 83.8 Å². The van der Waals surface area contributed by atoms with E-state index in [2.05, 4.69) is 25.7 Å². The van der Waals surface area contributed by atoms with Crippen LogP contribution in [-0.2, 0) is 36.2 Å². The van der Waals surface area contributed by atoms with Crippen LogP contribution in [0.3, 0.4) is 0 Å². The first-order valence-corrected chi connectivity index (χ1v) is 19.1. The van der Waals surface area contributed by atoms with Gasteiger partial charge in [0.05, 0.1) is 22.1 Å². The van der Waals surface area contributed by atoms with E-state index in [1.54, 1.807) is 36.3 Å². The lowest BCUT2D eigenvalue weighted by molar-refractivity contribution is -0.130. The van der Waals surface area contributed by atoms with Crippen molar-refractivity contribution in [2.75, 3.05) is 30.1 Å². The number of aryl methyl sites for hydroxylation is 3. The molecule has 0 aliphatic carbocycles. The van der Waals surface area contributed by atoms with Crippen LogP contribution in [0.2, 0.25) is 0 Å². The van der Waals surface area contributed by atoms with Gasteiger partial charge in [0.25, 0.3) is 0 Å². The van der Waals surface area contributed by atoms with Crippen LogP contribution in [0.25, 0.3) is 10.9 Å². The third-order valence-corrected chi connectivity index (χ3v) is 10.2. The van der Waals surface area contributed by atoms with E-state index in [-0.39, 0.29) is 56.4 Å². The molecule has 0 saturated heterocycles. The van der Waals surface area contributed by atoms with Gasteiger partial charge in [-0.15, -0.1) is 0 Å². The number of carbonyl (C=O) groups excluding carboxylic acids is 4. The van der Waals surface area contributed by atoms with Crippen LogP contribution >= 0.6 is 8.58 Å². The van der Waals surface area contributed by atoms with Gasteiger partial charge in [0, 0.05) is 50.4 Å². The fourth-order valence-electron chi connectivity index (χ4n) is 5.48. The summed E-state index contributed by atoms with van der Waals surface area (Å²) in [7, 11) is -0.607. The molecule has 2 aromatic heterocycles. The van der Waals surface area contributed by atoms with Crippen LogP contribution in [0.5, 0.6) is 0 Å². The van der Waals surface area contributed by atoms with Gasteiger partial charge in [-0.05, 0) is 81.9 Å². The van der Waals surface area contributed by atoms with Crippen LogP contribution in [0.15, 0.2) is 53.6 Å². The summed E-state index contributed by atoms with van der Waals surface area (Å²) < 4.78 is 26.7. The summed E-state index contributed by atoms with van der Waals surface area (Å²) in [6.45, 7) is 6.62. The molecule has 0 radical (unpaired) electrons. The number of aromatic nitrogens is 4. The van der Waals surface area contributed by atoms with Gasteiger partial charge in [-0.25, -0.2) is 23.4 Å². The Hall–Kier alpha value is -4.83. The number of nitrogens with zero attached hydrogens (tertiary/aromatic N) is 6. The number of anilines is 4. The van der Waals surface area contributed by atoms with Gasteiger partial charge in [0.2, 0.25) is 33.7 Å². The first-order valence-electron chi connectivity index (χ1n) is 16.0. The van der Waals surface area contributed by atoms with Gasteiger partial charge in [-0.2, -0.15) is 10.1 Å². The van der Waals surface area contributed by atoms with Crippen molar-refractivity contribution in [1.82, 2.24) is 30.4 Å². The van der Waals surface area contributed by atoms with Crippen molar-refractivity contribution >= 4 is 75.9 Å². The summed E-state index contributed by atoms with van der Waals surface area (Å²) in [5.74, 6) is -1.46. The largest absolute Gasteiger partial charge is 0.345 e. The van der Waals surface area contributed by atoms with Crippen molar-refractivity contribution in [1.29, 1.82) is 0 Å². The molecule has 0 bridgehead atoms. The van der Waals surface area contributed by atoms with E-state index in [0.717, 1.165) is 27.2 Å². The summed E-state index contributed by atoms with van der Waals surface area (Å²) >= 11 is 0. The molecule has 0 aliphatic heterocycles. The van der Waals surface area contributed by atoms with Gasteiger partial charge in [0.1, 0.15) is 11.9 Å². The lowest BCUT2D eigenvalue weighted by Crippen LogP contribution is -2.51. The number of hydrogen-bond donors (Lipinski definition) is 4. The third-order valence-electron chi connectivity index (χ3n) is 8.33. The second-order valence-corrected chi connectivity index (χ2v) is 14.5. The molecule has 4 aromatic rings. The Morgan fingerprint density at radius 2 is 1.71 bits per heavy atom. The Labute approximate surface area is 298 Å². The fraction of sp³-hybridized carbons (Fsp3) is 0.364. The Kier molecular flexibility index (Phi) is 12.6. The van der Waals surface area contributed by atoms with Crippen molar-refractivity contribution in [3.8, 4) is 0 Å². The second-order valence-electron chi connectivity index (χ2n) is 12.0. The molecule has 4 rings (SSSR count). The number of primary sulfonamides is 1. The van der Waals surface area contributed by atoms with Gasteiger partial charge < -0.3 is 21.3 Å². The molecule has 3 atom stereocenters. The molecular formula is C33H43N10O6PS. The maximum absolute atomic E-state index is 14.1. The predicted molar refractivity (Wildman–Crippen MR) is 197 cm³/mol. The summed E-state index contributed by atoms with van der Waals surface area (Å²) in [6.07, 6.45) is 1.18. The van der Waals surface area contributed by atoms with E-state index in [0.29, 0.717) is 11.4 Å². The Balaban J connectivity index is 1.71. The molecule has 6 N–H and O–H groups in total. The zero-order chi connectivity index (χ0) is 37.6. The monoisotopic (exact) mass is 738 g/mol. The molecule has 272 valence electrons. The number of nitrogens with one attached hydrogen (secondary N) is 2. The summed E-state index contributed by atoms with van der Waals surface area (Å²) in [5.41, 5.74) is 8.48. The van der Waals surface area contributed by atoms with Crippen molar-refractivity contribution in [3.63, 3.8) is 0 Å². The van der Waals surface area contributed by atoms with Crippen LogP contribution < -0.4 is 31.3 Å². The van der Waals surface area contributed by atoms with Gasteiger partial charge in [0.15, 0.2) is 5.52 Å². The topological polar surface area (TPSA) is 229 Å². The van der Waals surface area contributed by atoms with Crippen LogP contribution in [0, 0.1) is 13.8 Å². The molecule has 0 fully saturated rings. The van der Waals surface area contributed by atoms with Crippen molar-refractivity contribution in [3.05, 3.63) is 59.9 Å². The standard InChI is InChI=1S/C33H43N10O6PS/c1-19-7-8-23(18-28(19)51(35,48)49)43(30(45)12-11-25(37-21(3)44)31(46)38-26(13-15-34)32(47)50-6)33-36-16-14-29(39-33)41(4)22-9-10-24-20(2)42(5)40-27(24)17-22/h7-10,14,16-18,25-26,50H,11-13,15,34H2,1-6H3,(H,37,44)(H,38,46)(H2,35,48,49)/t25-,26-/m0/s1. The number of fused-ring (bicyclic) bond motifs is 1. The maximum Gasteiger partial charge on any atom is 0.243 e. The third kappa shape index (κ3) is 9.29. The lowest BCUT2D eigenvalue weighted by Gasteiger charge is -2.25. The highest BCUT2D eigenvalue weighted by Crippen LogP contribution is 2.31. The molecule has 18 heteroatoms. The Morgan fingerprint density at radius 3 is 2.35 bits per heavy atom. The molecule has 2 aromatic carbocycles. The summed E-state index contributed by atoms with van der Waals surface area (Å²) in [6, 6.07) is 9.71. The minimum Gasteiger partial charge on any atom is -0.345 e. The number of carbonyl (C=O) groups is 4. The zero-order valence-corrected chi connectivity index (χ0v) is 31.1. The van der Waals surface area contributed by atoms with Crippen molar-refractivity contribution in [2.24, 2.45) is 17.9 Å². The molecule has 0 saturated carbocycles. The number of hydrogen-bond acceptors (Lipinski definition) is 11. The molecule has 0 spiro atoms. The molecule has 1 unspecified atom stereocenters. The number of rotatable bonds is 15. The molecule has 2 heterocycles. The van der Waals surface area contributed by atoms with Crippen LogP contribution in [0.1, 0.15) is 37.4 Å². The van der Waals surface area contributed by atoms with Gasteiger partial charge in [-0.1, -0.05) is 14.6 Å². The van der Waals surface area contributed by atoms with E-state index < -0.39 is 39.8 Å². The number of benzene rings is 2. The van der Waals surface area contributed by atoms with E-state index >= 15 is 0 Å². The highest BCUT2D eigenvalue weighted by atomic mass is 32.2. The summed E-state index contributed by atoms with van der Waals surface area (Å²) in [4.78, 5) is 63.7. The minimum absolute atomic E-state index is 0.0815. The molecule has 0 aliphatic rings. The summed E-state index contributed by atoms with van der Waals surface area (Å²) in [5, 5.41) is 16.3. The highest BCUT2D eigenvalue weighted by molar-refractivity contribution is 7.89. The Morgan fingerprint density at radius 1 is 1.00 bits per heavy atom. The Bertz CT molecular complexity index is 2070. The van der Waals surface area contributed by atoms with Gasteiger partial charge in [-0.3, -0.25) is 23.9 Å². The maximum atomic E-state index is 14.1. The zero-order valence-electron chi connectivity index (χ0n) is 29.3. The van der Waals surface area contributed by atoms with Gasteiger partial charge >= 0.3 is 0 Å². The first kappa shape index (κ1) is 39.0. The van der Waals surface area contributed by atoms with Crippen molar-refractivity contribution in [2.45, 2.75) is 57.0 Å². The smallest absolute Gasteiger partial charge is 0.243 e. The molecule has 3 amide bonds. The van der Waals surface area contributed by atoms with E-state index in [1.807, 2.05) is 32.2 Å². The normalized spacial score (nSPS) is 12.9. The fourth-order valence-corrected chi connectivity index (χ4v) is 6.84. The highest BCUT2D eigenvalue weighted by Gasteiger charge is 2.29. The lowest BCUT2D eigenvalue weighted by atomic mass is 10.1. The number of nitrogens with two attached hydrogens (primary N) is 2. The quantitative estimate of drug-likeness (QED) is 0.129. The molecular weight excluding hydrogens is 695 g/mol. The SMILES string of the molecule is CPC(=O)[C@H](CCN)NC(=O)[C@H](CCC(=O)N(c1ccc(C)c(S(N)(=O)=O)c1)c1nccc(N(C)c2ccc3c(C)n(C)nc3c2)n1)NC(C)=O. The van der Waals surface area contributed by atoms with E-state index in [1.165, 1.54) is 31.3 Å². The van der Waals surface area contributed by atoms with E-state index in [9.17, 15) is 27.6 Å². The molecule has 51 heavy (non-hydrogen) atoms. The minimum atomic E-state index is -4.18. The predicted octanol–water partition coefficient (Wildman–Crippen LogP) is 2.01. The van der Waals surface area contributed by atoms with Crippen molar-refractivity contribution < 1.29 is 27.6 Å². The van der Waals surface area contributed by atoms with Crippen LogP contribution in [0.4, 0.5) is 23.1 Å². The average molecular weight is 739 g/mol. The first-order chi connectivity index (χ1) is 24.0. The van der Waals surface area contributed by atoms with E-state index in [4.69, 9.17) is 10.9 Å². The number of sulfonamides is 1. The number of amides is 3.